The Kier molecular flexibility index (Phi) is 5.00. The van der Waals surface area contributed by atoms with Crippen LogP contribution in [-0.4, -0.2) is 35.2 Å². The van der Waals surface area contributed by atoms with E-state index in [0.717, 1.165) is 18.9 Å². The molecule has 2 atom stereocenters. The van der Waals surface area contributed by atoms with E-state index in [9.17, 15) is 18.7 Å². The Bertz CT molecular complexity index is 517. The number of nitrogens with zero attached hydrogens (tertiary/aromatic N) is 1. The molecule has 1 heterocycles. The maximum Gasteiger partial charge on any atom is 0.321 e. The van der Waals surface area contributed by atoms with Crippen LogP contribution in [0.4, 0.5) is 19.3 Å². The highest BCUT2D eigenvalue weighted by atomic mass is 35.5. The number of likely N-dealkylation sites (tertiary alicyclic amines) is 1. The van der Waals surface area contributed by atoms with Crippen molar-refractivity contribution in [2.45, 2.75) is 25.9 Å². The minimum Gasteiger partial charge on any atom is -0.393 e. The van der Waals surface area contributed by atoms with E-state index in [4.69, 9.17) is 11.6 Å². The van der Waals surface area contributed by atoms with Gasteiger partial charge in [-0.25, -0.2) is 13.6 Å². The minimum absolute atomic E-state index is 0.00182. The number of rotatable bonds is 2. The van der Waals surface area contributed by atoms with Gasteiger partial charge in [-0.15, -0.1) is 0 Å². The number of amides is 2. The van der Waals surface area contributed by atoms with E-state index in [-0.39, 0.29) is 16.6 Å². The zero-order chi connectivity index (χ0) is 15.6. The molecule has 7 heteroatoms. The summed E-state index contributed by atoms with van der Waals surface area (Å²) in [6.07, 6.45) is 1.10. The fraction of sp³-hybridized carbons (Fsp3) is 0.500. The van der Waals surface area contributed by atoms with Crippen LogP contribution in [0, 0.1) is 17.6 Å². The number of carbonyl (C=O) groups excluding carboxylic acids is 1. The largest absolute Gasteiger partial charge is 0.393 e. The summed E-state index contributed by atoms with van der Waals surface area (Å²) in [5.41, 5.74) is -0.234. The summed E-state index contributed by atoms with van der Waals surface area (Å²) in [5, 5.41) is 11.8. The summed E-state index contributed by atoms with van der Waals surface area (Å²) in [7, 11) is 0. The molecule has 2 amide bonds. The number of urea groups is 1. The Hall–Kier alpha value is -1.40. The molecule has 0 saturated carbocycles. The Morgan fingerprint density at radius 3 is 2.86 bits per heavy atom. The van der Waals surface area contributed by atoms with Crippen LogP contribution in [0.15, 0.2) is 12.1 Å². The lowest BCUT2D eigenvalue weighted by Gasteiger charge is -2.34. The first-order valence-corrected chi connectivity index (χ1v) is 7.15. The zero-order valence-corrected chi connectivity index (χ0v) is 12.3. The summed E-state index contributed by atoms with van der Waals surface area (Å²) >= 11 is 5.74. The van der Waals surface area contributed by atoms with Crippen molar-refractivity contribution in [3.63, 3.8) is 0 Å². The Morgan fingerprint density at radius 1 is 1.52 bits per heavy atom. The second-order valence-corrected chi connectivity index (χ2v) is 5.67. The number of halogens is 3. The first-order valence-electron chi connectivity index (χ1n) is 6.77. The quantitative estimate of drug-likeness (QED) is 0.879. The molecular formula is C14H17ClF2N2O2. The standard InChI is InChI=1S/C14H17ClF2N2O2/c1-8(20)9-3-2-4-19(7-9)14(21)18-13-11(15)5-10(16)6-12(13)17/h5-6,8-9,20H,2-4,7H2,1H3,(H,18,21). The first kappa shape index (κ1) is 16.0. The summed E-state index contributed by atoms with van der Waals surface area (Å²) in [6.45, 7) is 2.60. The normalized spacial score (nSPS) is 20.2. The van der Waals surface area contributed by atoms with Gasteiger partial charge in [0.1, 0.15) is 5.82 Å². The molecule has 2 unspecified atom stereocenters. The molecule has 2 N–H and O–H groups in total. The number of hydrogen-bond donors (Lipinski definition) is 2. The molecule has 0 spiro atoms. The molecular weight excluding hydrogens is 302 g/mol. The van der Waals surface area contributed by atoms with Crippen molar-refractivity contribution in [3.8, 4) is 0 Å². The van der Waals surface area contributed by atoms with E-state index in [2.05, 4.69) is 5.32 Å². The van der Waals surface area contributed by atoms with Crippen molar-refractivity contribution < 1.29 is 18.7 Å². The van der Waals surface area contributed by atoms with E-state index in [0.29, 0.717) is 19.2 Å². The smallest absolute Gasteiger partial charge is 0.321 e. The van der Waals surface area contributed by atoms with Crippen molar-refractivity contribution in [1.29, 1.82) is 0 Å². The molecule has 0 aliphatic carbocycles. The number of anilines is 1. The maximum absolute atomic E-state index is 13.6. The summed E-state index contributed by atoms with van der Waals surface area (Å²) in [5.74, 6) is -1.72. The van der Waals surface area contributed by atoms with Gasteiger partial charge in [0.15, 0.2) is 5.82 Å². The SMILES string of the molecule is CC(O)C1CCCN(C(=O)Nc2c(F)cc(F)cc2Cl)C1. The summed E-state index contributed by atoms with van der Waals surface area (Å²) < 4.78 is 26.6. The van der Waals surface area contributed by atoms with Crippen molar-refractivity contribution in [1.82, 2.24) is 4.90 Å². The molecule has 2 rings (SSSR count). The zero-order valence-electron chi connectivity index (χ0n) is 11.6. The molecule has 1 aliphatic rings. The van der Waals surface area contributed by atoms with Gasteiger partial charge in [0.2, 0.25) is 0 Å². The van der Waals surface area contributed by atoms with Crippen LogP contribution in [0.3, 0.4) is 0 Å². The average molecular weight is 319 g/mol. The molecule has 0 bridgehead atoms. The molecule has 0 aromatic heterocycles. The predicted octanol–water partition coefficient (Wildman–Crippen LogP) is 3.24. The lowest BCUT2D eigenvalue weighted by molar-refractivity contribution is 0.0766. The molecule has 116 valence electrons. The highest BCUT2D eigenvalue weighted by Gasteiger charge is 2.27. The van der Waals surface area contributed by atoms with Crippen molar-refractivity contribution >= 4 is 23.3 Å². The summed E-state index contributed by atoms with van der Waals surface area (Å²) in [4.78, 5) is 13.6. The van der Waals surface area contributed by atoms with Gasteiger partial charge in [0, 0.05) is 25.1 Å². The number of aliphatic hydroxyl groups excluding tert-OH is 1. The van der Waals surface area contributed by atoms with Gasteiger partial charge in [-0.2, -0.15) is 0 Å². The molecule has 21 heavy (non-hydrogen) atoms. The first-order chi connectivity index (χ1) is 9.88. The molecule has 1 saturated heterocycles. The average Bonchev–Trinajstić information content (AvgIpc) is 2.42. The van der Waals surface area contributed by atoms with Gasteiger partial charge in [-0.3, -0.25) is 0 Å². The van der Waals surface area contributed by atoms with E-state index >= 15 is 0 Å². The van der Waals surface area contributed by atoms with Crippen LogP contribution >= 0.6 is 11.6 Å². The van der Waals surface area contributed by atoms with Crippen LogP contribution < -0.4 is 5.32 Å². The van der Waals surface area contributed by atoms with Gasteiger partial charge in [-0.1, -0.05) is 11.6 Å². The number of aliphatic hydroxyl groups is 1. The molecule has 1 aromatic rings. The van der Waals surface area contributed by atoms with Crippen LogP contribution in [0.2, 0.25) is 5.02 Å². The van der Waals surface area contributed by atoms with E-state index in [1.54, 1.807) is 6.92 Å². The molecule has 4 nitrogen and oxygen atoms in total. The molecule has 0 radical (unpaired) electrons. The summed E-state index contributed by atoms with van der Waals surface area (Å²) in [6, 6.07) is 1.10. The van der Waals surface area contributed by atoms with Gasteiger partial charge < -0.3 is 15.3 Å². The maximum atomic E-state index is 13.6. The lowest BCUT2D eigenvalue weighted by atomic mass is 9.94. The second-order valence-electron chi connectivity index (χ2n) is 5.26. The topological polar surface area (TPSA) is 52.6 Å². The third-order valence-electron chi connectivity index (χ3n) is 3.67. The fourth-order valence-electron chi connectivity index (χ4n) is 2.44. The fourth-order valence-corrected chi connectivity index (χ4v) is 2.68. The Balaban J connectivity index is 2.08. The predicted molar refractivity (Wildman–Crippen MR) is 76.4 cm³/mol. The molecule has 1 fully saturated rings. The second kappa shape index (κ2) is 6.58. The number of nitrogens with one attached hydrogen (secondary N) is 1. The van der Waals surface area contributed by atoms with Gasteiger partial charge in [0.25, 0.3) is 0 Å². The number of hydrogen-bond acceptors (Lipinski definition) is 2. The third-order valence-corrected chi connectivity index (χ3v) is 3.96. The monoisotopic (exact) mass is 318 g/mol. The van der Waals surface area contributed by atoms with Crippen LogP contribution in [0.25, 0.3) is 0 Å². The van der Waals surface area contributed by atoms with Crippen molar-refractivity contribution in [3.05, 3.63) is 28.8 Å². The minimum atomic E-state index is -0.919. The number of carbonyl (C=O) groups is 1. The highest BCUT2D eigenvalue weighted by Crippen LogP contribution is 2.27. The Morgan fingerprint density at radius 2 is 2.24 bits per heavy atom. The number of piperidine rings is 1. The van der Waals surface area contributed by atoms with Crippen LogP contribution in [0.1, 0.15) is 19.8 Å². The molecule has 1 aromatic carbocycles. The lowest BCUT2D eigenvalue weighted by Crippen LogP contribution is -2.45. The highest BCUT2D eigenvalue weighted by molar-refractivity contribution is 6.33. The van der Waals surface area contributed by atoms with Crippen molar-refractivity contribution in [2.24, 2.45) is 5.92 Å². The molecule has 1 aliphatic heterocycles. The van der Waals surface area contributed by atoms with Crippen LogP contribution in [-0.2, 0) is 0 Å². The Labute approximate surface area is 126 Å². The van der Waals surface area contributed by atoms with Crippen molar-refractivity contribution in [2.75, 3.05) is 18.4 Å². The third kappa shape index (κ3) is 3.83. The van der Waals surface area contributed by atoms with E-state index in [1.807, 2.05) is 0 Å². The van der Waals surface area contributed by atoms with Crippen LogP contribution in [0.5, 0.6) is 0 Å². The van der Waals surface area contributed by atoms with Gasteiger partial charge in [0.05, 0.1) is 16.8 Å². The van der Waals surface area contributed by atoms with E-state index in [1.165, 1.54) is 4.90 Å². The van der Waals surface area contributed by atoms with Gasteiger partial charge >= 0.3 is 6.03 Å². The van der Waals surface area contributed by atoms with Gasteiger partial charge in [-0.05, 0) is 25.8 Å². The van der Waals surface area contributed by atoms with E-state index < -0.39 is 23.8 Å². The number of benzene rings is 1.